The van der Waals surface area contributed by atoms with Crippen LogP contribution in [0.15, 0.2) is 0 Å². The van der Waals surface area contributed by atoms with Crippen LogP contribution < -0.4 is 0 Å². The number of carbonyl (C=O) groups is 1. The summed E-state index contributed by atoms with van der Waals surface area (Å²) < 4.78 is 0. The van der Waals surface area contributed by atoms with Crippen molar-refractivity contribution in [3.63, 3.8) is 0 Å². The Kier molecular flexibility index (Phi) is 9.86. The van der Waals surface area contributed by atoms with Crippen molar-refractivity contribution in [2.45, 2.75) is 26.3 Å². The molecule has 6 nitrogen and oxygen atoms in total. The molecule has 108 valence electrons. The molecular weight excluding hydrogens is 236 g/mol. The van der Waals surface area contributed by atoms with Gasteiger partial charge in [-0.15, -0.1) is 0 Å². The highest BCUT2D eigenvalue weighted by Crippen LogP contribution is 2.01. The monoisotopic (exact) mass is 262 g/mol. The maximum Gasteiger partial charge on any atom is 0.304 e. The second-order valence-electron chi connectivity index (χ2n) is 4.56. The summed E-state index contributed by atoms with van der Waals surface area (Å²) in [5.41, 5.74) is 0. The SMILES string of the molecule is CC(C)N(CCC(=O)O)CCN(CCO)CCO. The molecule has 0 bridgehead atoms. The van der Waals surface area contributed by atoms with Crippen LogP contribution in [0.25, 0.3) is 0 Å². The molecule has 0 aromatic rings. The lowest BCUT2D eigenvalue weighted by atomic mass is 10.2. The Morgan fingerprint density at radius 3 is 1.94 bits per heavy atom. The molecule has 0 fully saturated rings. The van der Waals surface area contributed by atoms with E-state index >= 15 is 0 Å². The molecule has 0 saturated heterocycles. The van der Waals surface area contributed by atoms with Gasteiger partial charge in [-0.1, -0.05) is 0 Å². The Hall–Kier alpha value is -0.690. The molecule has 18 heavy (non-hydrogen) atoms. The Bertz CT molecular complexity index is 218. The highest BCUT2D eigenvalue weighted by atomic mass is 16.4. The summed E-state index contributed by atoms with van der Waals surface area (Å²) in [5, 5.41) is 26.5. The molecule has 0 aromatic heterocycles. The molecule has 0 aliphatic carbocycles. The zero-order chi connectivity index (χ0) is 14.0. The van der Waals surface area contributed by atoms with Gasteiger partial charge < -0.3 is 15.3 Å². The van der Waals surface area contributed by atoms with Gasteiger partial charge in [-0.05, 0) is 13.8 Å². The largest absolute Gasteiger partial charge is 0.481 e. The lowest BCUT2D eigenvalue weighted by molar-refractivity contribution is -0.137. The predicted octanol–water partition coefficient (Wildman–Crippen LogP) is -0.542. The third-order valence-electron chi connectivity index (χ3n) is 2.88. The van der Waals surface area contributed by atoms with E-state index in [0.29, 0.717) is 19.6 Å². The van der Waals surface area contributed by atoms with Gasteiger partial charge in [-0.2, -0.15) is 0 Å². The topological polar surface area (TPSA) is 84.2 Å². The van der Waals surface area contributed by atoms with Crippen LogP contribution in [0.5, 0.6) is 0 Å². The second-order valence-corrected chi connectivity index (χ2v) is 4.56. The minimum atomic E-state index is -0.789. The number of carboxylic acids is 1. The number of hydrogen-bond donors (Lipinski definition) is 3. The highest BCUT2D eigenvalue weighted by molar-refractivity contribution is 5.66. The number of aliphatic carboxylic acids is 1. The molecule has 0 amide bonds. The molecule has 0 atom stereocenters. The van der Waals surface area contributed by atoms with E-state index in [2.05, 4.69) is 4.90 Å². The summed E-state index contributed by atoms with van der Waals surface area (Å²) in [6, 6.07) is 0.287. The summed E-state index contributed by atoms with van der Waals surface area (Å²) in [5.74, 6) is -0.789. The van der Waals surface area contributed by atoms with Crippen LogP contribution in [-0.2, 0) is 4.79 Å². The van der Waals surface area contributed by atoms with Gasteiger partial charge in [0.05, 0.1) is 19.6 Å². The molecule has 6 heteroatoms. The Labute approximate surface area is 109 Å². The normalized spacial score (nSPS) is 11.7. The van der Waals surface area contributed by atoms with Crippen molar-refractivity contribution in [3.05, 3.63) is 0 Å². The van der Waals surface area contributed by atoms with Gasteiger partial charge in [-0.3, -0.25) is 14.6 Å². The second kappa shape index (κ2) is 10.3. The minimum absolute atomic E-state index is 0.0663. The van der Waals surface area contributed by atoms with Crippen LogP contribution >= 0.6 is 0 Å². The third-order valence-corrected chi connectivity index (χ3v) is 2.88. The zero-order valence-electron chi connectivity index (χ0n) is 11.4. The van der Waals surface area contributed by atoms with E-state index < -0.39 is 5.97 Å². The lowest BCUT2D eigenvalue weighted by Gasteiger charge is -2.29. The van der Waals surface area contributed by atoms with Crippen molar-refractivity contribution < 1.29 is 20.1 Å². The van der Waals surface area contributed by atoms with Crippen molar-refractivity contribution in [2.24, 2.45) is 0 Å². The average molecular weight is 262 g/mol. The van der Waals surface area contributed by atoms with Crippen molar-refractivity contribution in [2.75, 3.05) is 45.9 Å². The first-order chi connectivity index (χ1) is 8.51. The molecule has 3 N–H and O–H groups in total. The summed E-state index contributed by atoms with van der Waals surface area (Å²) in [6.07, 6.45) is 0.137. The van der Waals surface area contributed by atoms with E-state index in [0.717, 1.165) is 13.1 Å². The number of rotatable bonds is 11. The fourth-order valence-corrected chi connectivity index (χ4v) is 1.76. The van der Waals surface area contributed by atoms with Crippen LogP contribution in [0.3, 0.4) is 0 Å². The molecule has 0 unspecified atom stereocenters. The summed E-state index contributed by atoms with van der Waals surface area (Å²) in [4.78, 5) is 14.6. The van der Waals surface area contributed by atoms with Crippen molar-refractivity contribution in [3.8, 4) is 0 Å². The van der Waals surface area contributed by atoms with Gasteiger partial charge in [0.1, 0.15) is 0 Å². The first-order valence-electron chi connectivity index (χ1n) is 6.41. The molecule has 0 heterocycles. The first kappa shape index (κ1) is 17.3. The number of carboxylic acid groups (broad SMARTS) is 1. The zero-order valence-corrected chi connectivity index (χ0v) is 11.4. The van der Waals surface area contributed by atoms with Crippen molar-refractivity contribution >= 4 is 5.97 Å². The smallest absolute Gasteiger partial charge is 0.304 e. The quantitative estimate of drug-likeness (QED) is 0.464. The molecule has 0 spiro atoms. The van der Waals surface area contributed by atoms with Crippen LogP contribution in [-0.4, -0.2) is 83.1 Å². The van der Waals surface area contributed by atoms with E-state index in [9.17, 15) is 4.79 Å². The number of hydrogen-bond acceptors (Lipinski definition) is 5. The van der Waals surface area contributed by atoms with Crippen molar-refractivity contribution in [1.29, 1.82) is 0 Å². The molecule has 0 aromatic carbocycles. The van der Waals surface area contributed by atoms with E-state index in [4.69, 9.17) is 15.3 Å². The maximum absolute atomic E-state index is 10.6. The number of aliphatic hydroxyl groups excluding tert-OH is 2. The highest BCUT2D eigenvalue weighted by Gasteiger charge is 2.13. The fourth-order valence-electron chi connectivity index (χ4n) is 1.76. The molecule has 0 saturated carbocycles. The lowest BCUT2D eigenvalue weighted by Crippen LogP contribution is -2.41. The van der Waals surface area contributed by atoms with Gasteiger partial charge in [0, 0.05) is 38.8 Å². The molecular formula is C12H26N2O4. The Morgan fingerprint density at radius 2 is 1.56 bits per heavy atom. The maximum atomic E-state index is 10.6. The van der Waals surface area contributed by atoms with E-state index in [1.165, 1.54) is 0 Å². The summed E-state index contributed by atoms with van der Waals surface area (Å²) >= 11 is 0. The van der Waals surface area contributed by atoms with Crippen LogP contribution in [0.2, 0.25) is 0 Å². The predicted molar refractivity (Wildman–Crippen MR) is 69.6 cm³/mol. The van der Waals surface area contributed by atoms with Gasteiger partial charge in [0.15, 0.2) is 0 Å². The van der Waals surface area contributed by atoms with Crippen LogP contribution in [0.4, 0.5) is 0 Å². The van der Waals surface area contributed by atoms with E-state index in [1.54, 1.807) is 0 Å². The number of aliphatic hydroxyl groups is 2. The summed E-state index contributed by atoms with van der Waals surface area (Å²) in [7, 11) is 0. The van der Waals surface area contributed by atoms with Gasteiger partial charge >= 0.3 is 5.97 Å². The number of nitrogens with zero attached hydrogens (tertiary/aromatic N) is 2. The van der Waals surface area contributed by atoms with Crippen molar-refractivity contribution in [1.82, 2.24) is 9.80 Å². The Balaban J connectivity index is 4.09. The van der Waals surface area contributed by atoms with Gasteiger partial charge in [0.25, 0.3) is 0 Å². The fraction of sp³-hybridized carbons (Fsp3) is 0.917. The molecule has 0 aliphatic heterocycles. The molecule has 0 aliphatic rings. The van der Waals surface area contributed by atoms with E-state index in [-0.39, 0.29) is 25.7 Å². The summed E-state index contributed by atoms with van der Waals surface area (Å²) in [6.45, 7) is 7.25. The molecule has 0 radical (unpaired) electrons. The third kappa shape index (κ3) is 8.41. The average Bonchev–Trinajstić information content (AvgIpc) is 2.28. The standard InChI is InChI=1S/C12H26N2O4/c1-11(2)14(4-3-12(17)18)6-5-13(7-9-15)8-10-16/h11,15-16H,3-10H2,1-2H3,(H,17,18). The Morgan fingerprint density at radius 1 is 1.00 bits per heavy atom. The molecule has 0 rings (SSSR count). The van der Waals surface area contributed by atoms with Crippen LogP contribution in [0, 0.1) is 0 Å². The van der Waals surface area contributed by atoms with Crippen LogP contribution in [0.1, 0.15) is 20.3 Å². The first-order valence-corrected chi connectivity index (χ1v) is 6.41. The van der Waals surface area contributed by atoms with Gasteiger partial charge in [0.2, 0.25) is 0 Å². The van der Waals surface area contributed by atoms with Gasteiger partial charge in [-0.25, -0.2) is 0 Å². The van der Waals surface area contributed by atoms with E-state index in [1.807, 2.05) is 18.7 Å². The minimum Gasteiger partial charge on any atom is -0.481 e.